The fourth-order valence-corrected chi connectivity index (χ4v) is 5.06. The van der Waals surface area contributed by atoms with E-state index in [4.69, 9.17) is 56.8 Å². The second-order valence-corrected chi connectivity index (χ2v) is 16.3. The van der Waals surface area contributed by atoms with Gasteiger partial charge in [-0.2, -0.15) is 0 Å². The molecule has 0 fully saturated rings. The maximum Gasteiger partial charge on any atom is 0.0701 e. The minimum absolute atomic E-state index is 0.0587. The van der Waals surface area contributed by atoms with Crippen LogP contribution in [0.15, 0.2) is 0 Å². The fourth-order valence-electron chi connectivity index (χ4n) is 5.06. The molecule has 0 aliphatic heterocycles. The van der Waals surface area contributed by atoms with Gasteiger partial charge in [-0.05, 0) is 0 Å². The smallest absolute Gasteiger partial charge is 0.0701 e. The molecule has 0 heterocycles. The van der Waals surface area contributed by atoms with Gasteiger partial charge in [0, 0.05) is 0 Å². The minimum atomic E-state index is -1.15. The molecule has 24 heteroatoms. The van der Waals surface area contributed by atoms with Crippen molar-refractivity contribution in [3.05, 3.63) is 0 Å². The lowest BCUT2D eigenvalue weighted by atomic mass is 9.92. The Morgan fingerprint density at radius 3 is 0.385 bits per heavy atom. The first kappa shape index (κ1) is 64.0. The maximum absolute atomic E-state index is 9.47. The molecule has 0 aromatic heterocycles. The van der Waals surface area contributed by atoms with Crippen LogP contribution < -0.4 is 0 Å². The standard InChI is InChI=1S/C41H84O24/c42-17-37(18-43,19-44)29-58-9-1-54-5-13-62-33-41(34-63-14-6-55-2-10-59-30-38(20-45,21-46)22-47,35-64-15-7-56-3-11-60-31-39(23-48,24-49)25-50)36-65-16-8-57-4-12-61-32-40(26-51,27-52)28-53/h42-53H,1-36H2. The SMILES string of the molecule is OCC(CO)(CO)COCCOCCOCC(COCCOCCOCC(CO)(CO)CO)(COCCOCCOCC(CO)(CO)CO)COCCOCCOCC(CO)(CO)CO. The lowest BCUT2D eigenvalue weighted by Crippen LogP contribution is -2.43. The molecule has 0 amide bonds. The van der Waals surface area contributed by atoms with Crippen LogP contribution in [0.4, 0.5) is 0 Å². The van der Waals surface area contributed by atoms with Crippen molar-refractivity contribution in [2.45, 2.75) is 0 Å². The number of ether oxygens (including phenoxy) is 12. The van der Waals surface area contributed by atoms with E-state index in [0.717, 1.165) is 0 Å². The lowest BCUT2D eigenvalue weighted by Gasteiger charge is -2.33. The van der Waals surface area contributed by atoms with E-state index < -0.39 is 106 Å². The van der Waals surface area contributed by atoms with Crippen LogP contribution in [-0.4, -0.2) is 299 Å². The molecule has 12 N–H and O–H groups in total. The summed E-state index contributed by atoms with van der Waals surface area (Å²) >= 11 is 0. The van der Waals surface area contributed by atoms with Gasteiger partial charge in [-0.1, -0.05) is 0 Å². The van der Waals surface area contributed by atoms with Crippen molar-refractivity contribution in [1.29, 1.82) is 0 Å². The van der Waals surface area contributed by atoms with Gasteiger partial charge in [0.15, 0.2) is 0 Å². The third-order valence-corrected chi connectivity index (χ3v) is 10.3. The van der Waals surface area contributed by atoms with E-state index in [0.29, 0.717) is 0 Å². The lowest BCUT2D eigenvalue weighted by molar-refractivity contribution is -0.124. The zero-order valence-electron chi connectivity index (χ0n) is 38.2. The van der Waals surface area contributed by atoms with Crippen LogP contribution in [-0.2, 0) is 56.8 Å². The van der Waals surface area contributed by atoms with E-state index in [2.05, 4.69) is 0 Å². The molecule has 0 unspecified atom stereocenters. The number of aliphatic hydroxyl groups is 12. The van der Waals surface area contributed by atoms with E-state index in [1.807, 2.05) is 0 Å². The Hall–Kier alpha value is -0.960. The van der Waals surface area contributed by atoms with E-state index >= 15 is 0 Å². The van der Waals surface area contributed by atoms with Crippen molar-refractivity contribution in [3.8, 4) is 0 Å². The zero-order valence-corrected chi connectivity index (χ0v) is 38.2. The fraction of sp³-hybridized carbons (Fsp3) is 1.00. The van der Waals surface area contributed by atoms with E-state index in [9.17, 15) is 61.3 Å². The first-order chi connectivity index (χ1) is 31.6. The molecule has 0 atom stereocenters. The van der Waals surface area contributed by atoms with Crippen LogP contribution in [0.1, 0.15) is 0 Å². The highest BCUT2D eigenvalue weighted by Gasteiger charge is 2.34. The normalized spacial score (nSPS) is 13.1. The molecule has 0 bridgehead atoms. The molecule has 0 spiro atoms. The summed E-state index contributed by atoms with van der Waals surface area (Å²) in [6.07, 6.45) is 0. The van der Waals surface area contributed by atoms with Gasteiger partial charge in [0.25, 0.3) is 0 Å². The largest absolute Gasteiger partial charge is 0.396 e. The molecule has 0 aliphatic rings. The van der Waals surface area contributed by atoms with Crippen molar-refractivity contribution < 1.29 is 118 Å². The van der Waals surface area contributed by atoms with Crippen LogP contribution in [0.2, 0.25) is 0 Å². The average Bonchev–Trinajstić information content (AvgIpc) is 3.35. The molecule has 0 aromatic rings. The number of rotatable bonds is 52. The van der Waals surface area contributed by atoms with Crippen LogP contribution in [0, 0.1) is 27.1 Å². The molecule has 0 saturated heterocycles. The second kappa shape index (κ2) is 40.9. The highest BCUT2D eigenvalue weighted by molar-refractivity contribution is 4.81. The predicted molar refractivity (Wildman–Crippen MR) is 227 cm³/mol. The third kappa shape index (κ3) is 28.3. The Labute approximate surface area is 382 Å². The average molecular weight is 961 g/mol. The van der Waals surface area contributed by atoms with Crippen LogP contribution >= 0.6 is 0 Å². The van der Waals surface area contributed by atoms with Gasteiger partial charge in [-0.25, -0.2) is 0 Å². The Balaban J connectivity index is 5.41. The summed E-state index contributed by atoms with van der Waals surface area (Å²) < 4.78 is 68.4. The molecular weight excluding hydrogens is 876 g/mol. The topological polar surface area (TPSA) is 354 Å². The van der Waals surface area contributed by atoms with Crippen LogP contribution in [0.3, 0.4) is 0 Å². The molecule has 0 aromatic carbocycles. The summed E-state index contributed by atoms with van der Waals surface area (Å²) in [4.78, 5) is 0. The van der Waals surface area contributed by atoms with Gasteiger partial charge >= 0.3 is 0 Å². The third-order valence-electron chi connectivity index (χ3n) is 10.3. The molecule has 65 heavy (non-hydrogen) atoms. The minimum Gasteiger partial charge on any atom is -0.396 e. The van der Waals surface area contributed by atoms with E-state index in [1.54, 1.807) is 0 Å². The van der Waals surface area contributed by atoms with Crippen molar-refractivity contribution >= 4 is 0 Å². The summed E-state index contributed by atoms with van der Waals surface area (Å²) in [7, 11) is 0. The first-order valence-electron chi connectivity index (χ1n) is 21.8. The number of aliphatic hydroxyl groups excluding tert-OH is 12. The van der Waals surface area contributed by atoms with Crippen molar-refractivity contribution in [2.24, 2.45) is 27.1 Å². The Morgan fingerprint density at radius 1 is 0.154 bits per heavy atom. The highest BCUT2D eigenvalue weighted by atomic mass is 16.6. The van der Waals surface area contributed by atoms with Crippen molar-refractivity contribution in [2.75, 3.05) is 238 Å². The van der Waals surface area contributed by atoms with Crippen molar-refractivity contribution in [3.63, 3.8) is 0 Å². The molecule has 0 radical (unpaired) electrons. The summed E-state index contributed by atoms with van der Waals surface area (Å²) in [6.45, 7) is -2.38. The second-order valence-electron chi connectivity index (χ2n) is 16.3. The molecule has 392 valence electrons. The molecule has 0 aliphatic carbocycles. The number of hydrogen-bond donors (Lipinski definition) is 12. The predicted octanol–water partition coefficient (Wildman–Crippen LogP) is -5.97. The summed E-state index contributed by atoms with van der Waals surface area (Å²) in [5, 5.41) is 114. The maximum atomic E-state index is 9.47. The van der Waals surface area contributed by atoms with Gasteiger partial charge < -0.3 is 118 Å². The van der Waals surface area contributed by atoms with Gasteiger partial charge in [0.2, 0.25) is 0 Å². The monoisotopic (exact) mass is 961 g/mol. The van der Waals surface area contributed by atoms with Gasteiger partial charge in [-0.15, -0.1) is 0 Å². The first-order valence-corrected chi connectivity index (χ1v) is 21.8. The van der Waals surface area contributed by atoms with Gasteiger partial charge in [-0.3, -0.25) is 0 Å². The van der Waals surface area contributed by atoms with Crippen molar-refractivity contribution in [1.82, 2.24) is 0 Å². The molecule has 0 saturated carbocycles. The summed E-state index contributed by atoms with van der Waals surface area (Å²) in [5.74, 6) is 0. The molecule has 0 rings (SSSR count). The Bertz CT molecular complexity index is 826. The van der Waals surface area contributed by atoms with Crippen LogP contribution in [0.5, 0.6) is 0 Å². The van der Waals surface area contributed by atoms with E-state index in [1.165, 1.54) is 0 Å². The van der Waals surface area contributed by atoms with Gasteiger partial charge in [0.1, 0.15) is 0 Å². The Kier molecular flexibility index (Phi) is 40.3. The summed E-state index contributed by atoms with van der Waals surface area (Å²) in [5.41, 5.74) is -5.47. The molecular formula is C41H84O24. The van der Waals surface area contributed by atoms with E-state index in [-0.39, 0.29) is 159 Å². The molecule has 24 nitrogen and oxygen atoms in total. The van der Waals surface area contributed by atoms with Crippen LogP contribution in [0.25, 0.3) is 0 Å². The van der Waals surface area contributed by atoms with Gasteiger partial charge in [0.05, 0.1) is 265 Å². The zero-order chi connectivity index (χ0) is 48.4. The quantitative estimate of drug-likeness (QED) is 0.0253. The number of hydrogen-bond acceptors (Lipinski definition) is 24. The summed E-state index contributed by atoms with van der Waals surface area (Å²) in [6, 6.07) is 0. The Morgan fingerprint density at radius 2 is 0.262 bits per heavy atom. The highest BCUT2D eigenvalue weighted by Crippen LogP contribution is 2.22.